The van der Waals surface area contributed by atoms with Gasteiger partial charge >= 0.3 is 6.18 Å². The average molecular weight is 266 g/mol. The first-order valence-electron chi connectivity index (χ1n) is 5.31. The highest BCUT2D eigenvalue weighted by Gasteiger charge is 2.34. The molecule has 0 unspecified atom stereocenters. The van der Waals surface area contributed by atoms with Gasteiger partial charge in [0.05, 0.1) is 11.3 Å². The van der Waals surface area contributed by atoms with Gasteiger partial charge in [0.25, 0.3) is 0 Å². The van der Waals surface area contributed by atoms with Crippen molar-refractivity contribution in [2.24, 2.45) is 0 Å². The van der Waals surface area contributed by atoms with Crippen molar-refractivity contribution in [1.29, 1.82) is 0 Å². The van der Waals surface area contributed by atoms with E-state index >= 15 is 0 Å². The lowest BCUT2D eigenvalue weighted by Gasteiger charge is -2.12. The normalized spacial score (nSPS) is 11.3. The molecule has 0 aliphatic heterocycles. The maximum atomic E-state index is 12.7. The number of nitrogen functional groups attached to an aromatic ring is 1. The Balaban J connectivity index is 2.50. The summed E-state index contributed by atoms with van der Waals surface area (Å²) in [5.41, 5.74) is 3.96. The summed E-state index contributed by atoms with van der Waals surface area (Å²) in [5, 5.41) is 0. The molecule has 0 saturated carbocycles. The van der Waals surface area contributed by atoms with Crippen LogP contribution in [0.25, 0.3) is 0 Å². The van der Waals surface area contributed by atoms with Gasteiger partial charge in [-0.15, -0.1) is 0 Å². The third-order valence-electron chi connectivity index (χ3n) is 2.60. The van der Waals surface area contributed by atoms with Crippen molar-refractivity contribution in [2.75, 3.05) is 5.73 Å². The molecule has 3 nitrogen and oxygen atoms in total. The average Bonchev–Trinajstić information content (AvgIpc) is 2.38. The second-order valence-electron chi connectivity index (χ2n) is 3.83. The molecule has 1 heterocycles. The molecule has 0 saturated heterocycles. The minimum absolute atomic E-state index is 0.166. The van der Waals surface area contributed by atoms with Gasteiger partial charge in [-0.2, -0.15) is 13.2 Å². The molecule has 0 amide bonds. The molecule has 19 heavy (non-hydrogen) atoms. The van der Waals surface area contributed by atoms with Crippen LogP contribution in [0.5, 0.6) is 0 Å². The lowest BCUT2D eigenvalue weighted by Crippen LogP contribution is -2.13. The molecule has 0 fully saturated rings. The second-order valence-corrected chi connectivity index (χ2v) is 3.83. The maximum absolute atomic E-state index is 12.7. The molecule has 0 aliphatic rings. The molecule has 1 aromatic carbocycles. The molecular weight excluding hydrogens is 257 g/mol. The van der Waals surface area contributed by atoms with Crippen molar-refractivity contribution in [1.82, 2.24) is 4.98 Å². The number of para-hydroxylation sites is 1. The van der Waals surface area contributed by atoms with Gasteiger partial charge in [0.2, 0.25) is 0 Å². The number of anilines is 1. The number of hydrogen-bond donors (Lipinski definition) is 1. The van der Waals surface area contributed by atoms with Gasteiger partial charge in [0.15, 0.2) is 5.78 Å². The largest absolute Gasteiger partial charge is 0.418 e. The summed E-state index contributed by atoms with van der Waals surface area (Å²) >= 11 is 0. The Hall–Kier alpha value is -2.37. The SMILES string of the molecule is Nc1c(C(=O)c2ccncc2)cccc1C(F)(F)F. The Bertz CT molecular complexity index is 609. The van der Waals surface area contributed by atoms with E-state index in [0.717, 1.165) is 12.1 Å². The van der Waals surface area contributed by atoms with E-state index in [4.69, 9.17) is 5.73 Å². The van der Waals surface area contributed by atoms with E-state index in [2.05, 4.69) is 4.98 Å². The summed E-state index contributed by atoms with van der Waals surface area (Å²) in [6.07, 6.45) is -1.81. The molecule has 0 aliphatic carbocycles. The van der Waals surface area contributed by atoms with Crippen molar-refractivity contribution >= 4 is 11.5 Å². The number of pyridine rings is 1. The van der Waals surface area contributed by atoms with Crippen LogP contribution in [-0.2, 0) is 6.18 Å². The highest BCUT2D eigenvalue weighted by Crippen LogP contribution is 2.35. The number of benzene rings is 1. The van der Waals surface area contributed by atoms with Crippen LogP contribution in [0.1, 0.15) is 21.5 Å². The second kappa shape index (κ2) is 4.72. The number of ketones is 1. The minimum Gasteiger partial charge on any atom is -0.398 e. The predicted molar refractivity (Wildman–Crippen MR) is 63.5 cm³/mol. The molecular formula is C13H9F3N2O. The van der Waals surface area contributed by atoms with Crippen LogP contribution in [-0.4, -0.2) is 10.8 Å². The molecule has 2 N–H and O–H groups in total. The highest BCUT2D eigenvalue weighted by molar-refractivity contribution is 6.12. The standard InChI is InChI=1S/C13H9F3N2O/c14-13(15,16)10-3-1-2-9(11(10)17)12(19)8-4-6-18-7-5-8/h1-7H,17H2. The van der Waals surface area contributed by atoms with E-state index in [9.17, 15) is 18.0 Å². The summed E-state index contributed by atoms with van der Waals surface area (Å²) in [7, 11) is 0. The molecule has 0 atom stereocenters. The van der Waals surface area contributed by atoms with Crippen LogP contribution in [0.15, 0.2) is 42.7 Å². The summed E-state index contributed by atoms with van der Waals surface area (Å²) in [6.45, 7) is 0. The Morgan fingerprint density at radius 3 is 2.32 bits per heavy atom. The van der Waals surface area contributed by atoms with Gasteiger partial charge < -0.3 is 5.73 Å². The number of carbonyl (C=O) groups is 1. The van der Waals surface area contributed by atoms with Crippen LogP contribution in [0, 0.1) is 0 Å². The quantitative estimate of drug-likeness (QED) is 0.671. The van der Waals surface area contributed by atoms with Gasteiger partial charge in [-0.1, -0.05) is 6.07 Å². The molecule has 0 radical (unpaired) electrons. The first-order valence-corrected chi connectivity index (χ1v) is 5.31. The van der Waals surface area contributed by atoms with Crippen molar-refractivity contribution in [3.8, 4) is 0 Å². The number of hydrogen-bond acceptors (Lipinski definition) is 3. The van der Waals surface area contributed by atoms with E-state index in [0.29, 0.717) is 0 Å². The first kappa shape index (κ1) is 13.1. The Labute approximate surface area is 106 Å². The molecule has 0 spiro atoms. The van der Waals surface area contributed by atoms with Crippen molar-refractivity contribution in [3.05, 3.63) is 59.4 Å². The van der Waals surface area contributed by atoms with Crippen LogP contribution in [0.2, 0.25) is 0 Å². The number of aromatic nitrogens is 1. The zero-order valence-electron chi connectivity index (χ0n) is 9.61. The zero-order chi connectivity index (χ0) is 14.0. The lowest BCUT2D eigenvalue weighted by atomic mass is 9.99. The third kappa shape index (κ3) is 2.57. The van der Waals surface area contributed by atoms with Gasteiger partial charge in [0.1, 0.15) is 0 Å². The number of nitrogens with zero attached hydrogens (tertiary/aromatic N) is 1. The van der Waals surface area contributed by atoms with E-state index < -0.39 is 23.2 Å². The Morgan fingerprint density at radius 2 is 1.74 bits per heavy atom. The fourth-order valence-corrected chi connectivity index (χ4v) is 1.67. The summed E-state index contributed by atoms with van der Waals surface area (Å²) in [4.78, 5) is 15.8. The Morgan fingerprint density at radius 1 is 1.11 bits per heavy atom. The van der Waals surface area contributed by atoms with Crippen molar-refractivity contribution in [3.63, 3.8) is 0 Å². The zero-order valence-corrected chi connectivity index (χ0v) is 9.61. The molecule has 2 aromatic rings. The third-order valence-corrected chi connectivity index (χ3v) is 2.60. The van der Waals surface area contributed by atoms with Crippen molar-refractivity contribution < 1.29 is 18.0 Å². The fraction of sp³-hybridized carbons (Fsp3) is 0.0769. The molecule has 0 bridgehead atoms. The van der Waals surface area contributed by atoms with Crippen molar-refractivity contribution in [2.45, 2.75) is 6.18 Å². The molecule has 1 aromatic heterocycles. The number of alkyl halides is 3. The van der Waals surface area contributed by atoms with Crippen LogP contribution in [0.3, 0.4) is 0 Å². The summed E-state index contributed by atoms with van der Waals surface area (Å²) in [5.74, 6) is -0.564. The number of carbonyl (C=O) groups excluding carboxylic acids is 1. The van der Waals surface area contributed by atoms with Crippen LogP contribution >= 0.6 is 0 Å². The van der Waals surface area contributed by atoms with E-state index in [1.807, 2.05) is 0 Å². The number of halogens is 3. The molecule has 6 heteroatoms. The summed E-state index contributed by atoms with van der Waals surface area (Å²) < 4.78 is 38.1. The van der Waals surface area contributed by atoms with Gasteiger partial charge in [-0.25, -0.2) is 0 Å². The topological polar surface area (TPSA) is 56.0 Å². The fourth-order valence-electron chi connectivity index (χ4n) is 1.67. The number of nitrogens with two attached hydrogens (primary N) is 1. The predicted octanol–water partition coefficient (Wildman–Crippen LogP) is 2.91. The van der Waals surface area contributed by atoms with Crippen LogP contribution in [0.4, 0.5) is 18.9 Å². The van der Waals surface area contributed by atoms with E-state index in [-0.39, 0.29) is 11.1 Å². The van der Waals surface area contributed by atoms with Gasteiger partial charge in [0, 0.05) is 23.5 Å². The lowest BCUT2D eigenvalue weighted by molar-refractivity contribution is -0.136. The molecule has 98 valence electrons. The van der Waals surface area contributed by atoms with Gasteiger partial charge in [-0.3, -0.25) is 9.78 Å². The smallest absolute Gasteiger partial charge is 0.398 e. The van der Waals surface area contributed by atoms with E-state index in [1.54, 1.807) is 0 Å². The summed E-state index contributed by atoms with van der Waals surface area (Å²) in [6, 6.07) is 6.11. The number of rotatable bonds is 2. The van der Waals surface area contributed by atoms with Gasteiger partial charge in [-0.05, 0) is 24.3 Å². The van der Waals surface area contributed by atoms with Crippen LogP contribution < -0.4 is 5.73 Å². The maximum Gasteiger partial charge on any atom is 0.418 e. The van der Waals surface area contributed by atoms with E-state index in [1.165, 1.54) is 30.6 Å². The Kier molecular flexibility index (Phi) is 3.25. The minimum atomic E-state index is -4.58. The molecule has 2 rings (SSSR count). The highest BCUT2D eigenvalue weighted by atomic mass is 19.4. The monoisotopic (exact) mass is 266 g/mol. The first-order chi connectivity index (χ1) is 8.91.